The summed E-state index contributed by atoms with van der Waals surface area (Å²) in [5.74, 6) is 0.623. The molecular formula is C20H32ClN3O4. The summed E-state index contributed by atoms with van der Waals surface area (Å²) >= 11 is 0. The number of likely N-dealkylation sites (N-methyl/N-ethyl adjacent to an activating group) is 1. The molecule has 0 saturated carbocycles. The van der Waals surface area contributed by atoms with Gasteiger partial charge in [0, 0.05) is 30.6 Å². The van der Waals surface area contributed by atoms with E-state index in [1.165, 1.54) is 14.2 Å². The van der Waals surface area contributed by atoms with Gasteiger partial charge in [0.2, 0.25) is 5.91 Å². The summed E-state index contributed by atoms with van der Waals surface area (Å²) < 4.78 is 10.7. The number of amides is 2. The molecule has 1 atom stereocenters. The van der Waals surface area contributed by atoms with Crippen LogP contribution in [0.1, 0.15) is 44.0 Å². The van der Waals surface area contributed by atoms with Gasteiger partial charge in [-0.15, -0.1) is 12.4 Å². The lowest BCUT2D eigenvalue weighted by molar-refractivity contribution is -0.123. The lowest BCUT2D eigenvalue weighted by atomic mass is 9.95. The van der Waals surface area contributed by atoms with Crippen LogP contribution in [0.4, 0.5) is 5.69 Å². The maximum absolute atomic E-state index is 13.2. The molecule has 0 spiro atoms. The number of piperidine rings is 1. The number of nitrogens with one attached hydrogen (secondary N) is 2. The number of hydrogen-bond donors (Lipinski definition) is 2. The molecule has 8 heteroatoms. The molecule has 2 N–H and O–H groups in total. The number of ether oxygens (including phenoxy) is 2. The third-order valence-electron chi connectivity index (χ3n) is 4.80. The fourth-order valence-corrected chi connectivity index (χ4v) is 3.04. The number of halogens is 1. The van der Waals surface area contributed by atoms with Crippen molar-refractivity contribution in [1.82, 2.24) is 10.2 Å². The Morgan fingerprint density at radius 3 is 2.29 bits per heavy atom. The molecule has 1 aliphatic heterocycles. The van der Waals surface area contributed by atoms with Crippen LogP contribution < -0.4 is 20.1 Å². The molecule has 1 aromatic rings. The Labute approximate surface area is 173 Å². The van der Waals surface area contributed by atoms with Gasteiger partial charge in [-0.05, 0) is 26.0 Å². The van der Waals surface area contributed by atoms with Gasteiger partial charge in [-0.2, -0.15) is 0 Å². The van der Waals surface area contributed by atoms with Crippen molar-refractivity contribution in [3.8, 4) is 11.5 Å². The van der Waals surface area contributed by atoms with Gasteiger partial charge in [0.1, 0.15) is 0 Å². The van der Waals surface area contributed by atoms with Crippen LogP contribution in [0, 0.1) is 5.41 Å². The number of nitrogens with zero attached hydrogens (tertiary/aromatic N) is 1. The maximum atomic E-state index is 13.2. The van der Waals surface area contributed by atoms with Gasteiger partial charge in [0.25, 0.3) is 5.91 Å². The lowest BCUT2D eigenvalue weighted by Crippen LogP contribution is -2.47. The Bertz CT molecular complexity index is 703. The summed E-state index contributed by atoms with van der Waals surface area (Å²) in [6.45, 7) is 6.81. The Morgan fingerprint density at radius 1 is 1.14 bits per heavy atom. The van der Waals surface area contributed by atoms with Crippen molar-refractivity contribution >= 4 is 29.9 Å². The first-order valence-corrected chi connectivity index (χ1v) is 9.25. The molecule has 0 bridgehead atoms. The van der Waals surface area contributed by atoms with Crippen LogP contribution in [0.3, 0.4) is 0 Å². The van der Waals surface area contributed by atoms with E-state index in [1.54, 1.807) is 12.1 Å². The zero-order chi connectivity index (χ0) is 20.2. The summed E-state index contributed by atoms with van der Waals surface area (Å²) in [6, 6.07) is 3.56. The fraction of sp³-hybridized carbons (Fsp3) is 0.600. The van der Waals surface area contributed by atoms with Crippen molar-refractivity contribution in [1.29, 1.82) is 0 Å². The second-order valence-corrected chi connectivity index (χ2v) is 7.84. The van der Waals surface area contributed by atoms with E-state index in [2.05, 4.69) is 10.6 Å². The van der Waals surface area contributed by atoms with Crippen molar-refractivity contribution in [2.24, 2.45) is 5.41 Å². The number of benzene rings is 1. The molecule has 0 aliphatic carbocycles. The van der Waals surface area contributed by atoms with E-state index in [0.717, 1.165) is 12.8 Å². The molecule has 0 radical (unpaired) electrons. The lowest BCUT2D eigenvalue weighted by Gasteiger charge is -2.33. The zero-order valence-corrected chi connectivity index (χ0v) is 18.4. The third-order valence-corrected chi connectivity index (χ3v) is 4.80. The fourth-order valence-electron chi connectivity index (χ4n) is 3.04. The van der Waals surface area contributed by atoms with Crippen molar-refractivity contribution in [2.75, 3.05) is 39.7 Å². The van der Waals surface area contributed by atoms with E-state index in [-0.39, 0.29) is 30.3 Å². The molecule has 158 valence electrons. The number of carbonyl (C=O) groups is 2. The minimum atomic E-state index is -0.587. The molecule has 2 amide bonds. The molecule has 1 heterocycles. The molecule has 1 aliphatic rings. The van der Waals surface area contributed by atoms with Gasteiger partial charge in [0.05, 0.1) is 25.5 Å². The zero-order valence-electron chi connectivity index (χ0n) is 17.5. The van der Waals surface area contributed by atoms with Gasteiger partial charge in [-0.25, -0.2) is 0 Å². The van der Waals surface area contributed by atoms with Crippen LogP contribution in [0.15, 0.2) is 12.1 Å². The summed E-state index contributed by atoms with van der Waals surface area (Å²) in [5.41, 5.74) is 0.252. The molecule has 28 heavy (non-hydrogen) atoms. The number of hydrogen-bond acceptors (Lipinski definition) is 5. The highest BCUT2D eigenvalue weighted by molar-refractivity contribution is 6.05. The first kappa shape index (κ1) is 24.0. The Kier molecular flexibility index (Phi) is 8.57. The van der Waals surface area contributed by atoms with Gasteiger partial charge in [-0.1, -0.05) is 20.8 Å². The van der Waals surface area contributed by atoms with E-state index in [4.69, 9.17) is 9.47 Å². The monoisotopic (exact) mass is 413 g/mol. The highest BCUT2D eigenvalue weighted by atomic mass is 35.5. The predicted molar refractivity (Wildman–Crippen MR) is 113 cm³/mol. The number of likely N-dealkylation sites (tertiary alicyclic amines) is 1. The third kappa shape index (κ3) is 5.52. The molecule has 1 saturated heterocycles. The second-order valence-electron chi connectivity index (χ2n) is 7.84. The topological polar surface area (TPSA) is 79.9 Å². The van der Waals surface area contributed by atoms with Crippen LogP contribution in [0.2, 0.25) is 0 Å². The standard InChI is InChI=1S/C20H31N3O4.ClH/c1-20(2,3)19(25)22-15-11-17(27-6)16(26-5)10-14(15)18(24)23-9-7-8-13(12-23)21-4;/h10-11,13,21H,7-9,12H2,1-6H3,(H,22,25);1H. The highest BCUT2D eigenvalue weighted by Gasteiger charge is 2.29. The molecular weight excluding hydrogens is 382 g/mol. The smallest absolute Gasteiger partial charge is 0.256 e. The Morgan fingerprint density at radius 2 is 1.75 bits per heavy atom. The second kappa shape index (κ2) is 9.98. The average molecular weight is 414 g/mol. The molecule has 0 aromatic heterocycles. The van der Waals surface area contributed by atoms with Gasteiger partial charge in [-0.3, -0.25) is 9.59 Å². The number of anilines is 1. The minimum Gasteiger partial charge on any atom is -0.493 e. The predicted octanol–water partition coefficient (Wildman–Crippen LogP) is 2.93. The minimum absolute atomic E-state index is 0. The Hall–Kier alpha value is -1.99. The normalized spacial score (nSPS) is 16.8. The number of methoxy groups -OCH3 is 2. The van der Waals surface area contributed by atoms with Crippen molar-refractivity contribution < 1.29 is 19.1 Å². The van der Waals surface area contributed by atoms with Crippen LogP contribution in [0.25, 0.3) is 0 Å². The maximum Gasteiger partial charge on any atom is 0.256 e. The summed E-state index contributed by atoms with van der Waals surface area (Å²) in [6.07, 6.45) is 1.98. The largest absolute Gasteiger partial charge is 0.493 e. The van der Waals surface area contributed by atoms with Crippen LogP contribution in [-0.4, -0.2) is 57.1 Å². The first-order chi connectivity index (χ1) is 12.7. The summed E-state index contributed by atoms with van der Waals surface area (Å²) in [5, 5.41) is 6.12. The molecule has 1 aromatic carbocycles. The number of rotatable bonds is 5. The quantitative estimate of drug-likeness (QED) is 0.775. The molecule has 1 unspecified atom stereocenters. The van der Waals surface area contributed by atoms with Crippen LogP contribution >= 0.6 is 12.4 Å². The van der Waals surface area contributed by atoms with Crippen molar-refractivity contribution in [3.05, 3.63) is 17.7 Å². The highest BCUT2D eigenvalue weighted by Crippen LogP contribution is 2.35. The van der Waals surface area contributed by atoms with Crippen LogP contribution in [-0.2, 0) is 4.79 Å². The average Bonchev–Trinajstić information content (AvgIpc) is 2.66. The van der Waals surface area contributed by atoms with Crippen LogP contribution in [0.5, 0.6) is 11.5 Å². The van der Waals surface area contributed by atoms with Crippen molar-refractivity contribution in [2.45, 2.75) is 39.7 Å². The summed E-state index contributed by atoms with van der Waals surface area (Å²) in [7, 11) is 4.96. The van der Waals surface area contributed by atoms with E-state index in [1.807, 2.05) is 32.7 Å². The first-order valence-electron chi connectivity index (χ1n) is 9.25. The van der Waals surface area contributed by atoms with Gasteiger partial charge >= 0.3 is 0 Å². The SMILES string of the molecule is CNC1CCCN(C(=O)c2cc(OC)c(OC)cc2NC(=O)C(C)(C)C)C1.Cl. The Balaban J connectivity index is 0.00000392. The van der Waals surface area contributed by atoms with Crippen molar-refractivity contribution in [3.63, 3.8) is 0 Å². The molecule has 2 rings (SSSR count). The molecule has 1 fully saturated rings. The summed E-state index contributed by atoms with van der Waals surface area (Å²) in [4.78, 5) is 27.6. The van der Waals surface area contributed by atoms with E-state index >= 15 is 0 Å². The molecule has 7 nitrogen and oxygen atoms in total. The van der Waals surface area contributed by atoms with Gasteiger partial charge in [0.15, 0.2) is 11.5 Å². The number of carbonyl (C=O) groups excluding carboxylic acids is 2. The van der Waals surface area contributed by atoms with Gasteiger partial charge < -0.3 is 25.0 Å². The van der Waals surface area contributed by atoms with E-state index in [0.29, 0.717) is 35.8 Å². The van der Waals surface area contributed by atoms with E-state index < -0.39 is 5.41 Å². The van der Waals surface area contributed by atoms with E-state index in [9.17, 15) is 9.59 Å².